The third kappa shape index (κ3) is 3.78. The van der Waals surface area contributed by atoms with E-state index in [2.05, 4.69) is 5.32 Å². The second-order valence-electron chi connectivity index (χ2n) is 4.38. The van der Waals surface area contributed by atoms with E-state index in [0.717, 1.165) is 5.56 Å². The van der Waals surface area contributed by atoms with Crippen molar-refractivity contribution in [3.63, 3.8) is 0 Å². The largest absolute Gasteiger partial charge is 0.326 e. The van der Waals surface area contributed by atoms with Gasteiger partial charge in [-0.2, -0.15) is 0 Å². The topological polar surface area (TPSA) is 46.2 Å². The fraction of sp³-hybridized carbons (Fsp3) is 0.125. The monoisotopic (exact) mass is 253 g/mol. The molecule has 0 aliphatic heterocycles. The highest BCUT2D eigenvalue weighted by Gasteiger charge is 2.11. The number of ketones is 1. The Morgan fingerprint density at radius 2 is 1.74 bits per heavy atom. The lowest BCUT2D eigenvalue weighted by molar-refractivity contribution is -0.115. The molecular formula is C16H15NO2. The maximum absolute atomic E-state index is 11.9. The summed E-state index contributed by atoms with van der Waals surface area (Å²) in [6, 6.07) is 16.3. The van der Waals surface area contributed by atoms with E-state index < -0.39 is 0 Å². The van der Waals surface area contributed by atoms with E-state index in [1.165, 1.54) is 0 Å². The van der Waals surface area contributed by atoms with Crippen LogP contribution in [-0.2, 0) is 4.79 Å². The summed E-state index contributed by atoms with van der Waals surface area (Å²) in [7, 11) is 0. The van der Waals surface area contributed by atoms with Crippen LogP contribution in [0, 0.1) is 6.92 Å². The molecule has 1 amide bonds. The van der Waals surface area contributed by atoms with Gasteiger partial charge in [0.05, 0.1) is 6.42 Å². The van der Waals surface area contributed by atoms with E-state index in [1.807, 2.05) is 31.2 Å². The van der Waals surface area contributed by atoms with Crippen molar-refractivity contribution in [3.8, 4) is 0 Å². The van der Waals surface area contributed by atoms with E-state index in [0.29, 0.717) is 11.3 Å². The van der Waals surface area contributed by atoms with Crippen LogP contribution in [0.15, 0.2) is 54.6 Å². The standard InChI is InChI=1S/C16H15NO2/c1-12-6-5-9-14(10-12)17-16(19)11-15(18)13-7-3-2-4-8-13/h2-10H,11H2,1H3,(H,17,19). The number of hydrogen-bond acceptors (Lipinski definition) is 2. The number of Topliss-reactive ketones (excluding diaryl/α,β-unsaturated/α-hetero) is 1. The normalized spacial score (nSPS) is 9.95. The zero-order chi connectivity index (χ0) is 13.7. The molecule has 0 atom stereocenters. The van der Waals surface area contributed by atoms with Crippen LogP contribution >= 0.6 is 0 Å². The highest BCUT2D eigenvalue weighted by atomic mass is 16.2. The molecule has 1 N–H and O–H groups in total. The van der Waals surface area contributed by atoms with Crippen molar-refractivity contribution in [1.82, 2.24) is 0 Å². The Labute approximate surface area is 112 Å². The third-order valence-electron chi connectivity index (χ3n) is 2.72. The van der Waals surface area contributed by atoms with Crippen molar-refractivity contribution in [2.24, 2.45) is 0 Å². The smallest absolute Gasteiger partial charge is 0.232 e. The van der Waals surface area contributed by atoms with E-state index in [4.69, 9.17) is 0 Å². The minimum Gasteiger partial charge on any atom is -0.326 e. The van der Waals surface area contributed by atoms with Gasteiger partial charge in [0.1, 0.15) is 0 Å². The van der Waals surface area contributed by atoms with Crippen LogP contribution in [0.5, 0.6) is 0 Å². The highest BCUT2D eigenvalue weighted by molar-refractivity contribution is 6.10. The Morgan fingerprint density at radius 3 is 2.42 bits per heavy atom. The van der Waals surface area contributed by atoms with E-state index in [9.17, 15) is 9.59 Å². The SMILES string of the molecule is Cc1cccc(NC(=O)CC(=O)c2ccccc2)c1. The summed E-state index contributed by atoms with van der Waals surface area (Å²) < 4.78 is 0. The number of nitrogens with one attached hydrogen (secondary N) is 1. The van der Waals surface area contributed by atoms with Crippen molar-refractivity contribution in [3.05, 3.63) is 65.7 Å². The molecule has 0 fully saturated rings. The molecule has 0 bridgehead atoms. The molecule has 3 heteroatoms. The number of rotatable bonds is 4. The lowest BCUT2D eigenvalue weighted by Gasteiger charge is -2.05. The lowest BCUT2D eigenvalue weighted by Crippen LogP contribution is -2.16. The summed E-state index contributed by atoms with van der Waals surface area (Å²) >= 11 is 0. The van der Waals surface area contributed by atoms with Gasteiger partial charge in [-0.05, 0) is 24.6 Å². The molecule has 2 aromatic rings. The lowest BCUT2D eigenvalue weighted by atomic mass is 10.1. The number of hydrogen-bond donors (Lipinski definition) is 1. The van der Waals surface area contributed by atoms with Crippen LogP contribution in [0.4, 0.5) is 5.69 Å². The molecule has 0 radical (unpaired) electrons. The maximum atomic E-state index is 11.9. The van der Waals surface area contributed by atoms with E-state index in [1.54, 1.807) is 30.3 Å². The van der Waals surface area contributed by atoms with Gasteiger partial charge in [-0.25, -0.2) is 0 Å². The van der Waals surface area contributed by atoms with Crippen molar-refractivity contribution < 1.29 is 9.59 Å². The molecule has 0 heterocycles. The summed E-state index contributed by atoms with van der Waals surface area (Å²) in [6.07, 6.45) is -0.141. The summed E-state index contributed by atoms with van der Waals surface area (Å²) in [5.41, 5.74) is 2.33. The predicted octanol–water partition coefficient (Wildman–Crippen LogP) is 3.21. The maximum Gasteiger partial charge on any atom is 0.232 e. The van der Waals surface area contributed by atoms with Gasteiger partial charge in [0.15, 0.2) is 5.78 Å². The minimum absolute atomic E-state index is 0.141. The molecule has 0 saturated carbocycles. The molecule has 0 aliphatic rings. The Balaban J connectivity index is 1.97. The first-order chi connectivity index (χ1) is 9.15. The molecule has 19 heavy (non-hydrogen) atoms. The van der Waals surface area contributed by atoms with E-state index >= 15 is 0 Å². The molecule has 0 aromatic heterocycles. The van der Waals surface area contributed by atoms with Gasteiger partial charge in [0.25, 0.3) is 0 Å². The van der Waals surface area contributed by atoms with Crippen LogP contribution in [0.3, 0.4) is 0 Å². The molecule has 0 spiro atoms. The first kappa shape index (κ1) is 13.0. The van der Waals surface area contributed by atoms with Crippen molar-refractivity contribution in [2.45, 2.75) is 13.3 Å². The zero-order valence-electron chi connectivity index (χ0n) is 10.7. The Bertz CT molecular complexity index is 591. The van der Waals surface area contributed by atoms with Crippen LogP contribution in [0.2, 0.25) is 0 Å². The van der Waals surface area contributed by atoms with E-state index in [-0.39, 0.29) is 18.1 Å². The molecule has 2 rings (SSSR count). The molecule has 0 aliphatic carbocycles. The Hall–Kier alpha value is -2.42. The number of amides is 1. The molecule has 3 nitrogen and oxygen atoms in total. The van der Waals surface area contributed by atoms with Crippen molar-refractivity contribution >= 4 is 17.4 Å². The molecule has 0 unspecified atom stereocenters. The van der Waals surface area contributed by atoms with Gasteiger partial charge >= 0.3 is 0 Å². The van der Waals surface area contributed by atoms with Crippen LogP contribution in [-0.4, -0.2) is 11.7 Å². The second-order valence-corrected chi connectivity index (χ2v) is 4.38. The Morgan fingerprint density at radius 1 is 1.00 bits per heavy atom. The number of anilines is 1. The van der Waals surface area contributed by atoms with Crippen molar-refractivity contribution in [2.75, 3.05) is 5.32 Å². The number of benzene rings is 2. The summed E-state index contributed by atoms with van der Waals surface area (Å²) in [5, 5.41) is 2.72. The van der Waals surface area contributed by atoms with Crippen LogP contribution in [0.1, 0.15) is 22.3 Å². The fourth-order valence-corrected chi connectivity index (χ4v) is 1.80. The highest BCUT2D eigenvalue weighted by Crippen LogP contribution is 2.10. The van der Waals surface area contributed by atoms with Crippen LogP contribution in [0.25, 0.3) is 0 Å². The number of carbonyl (C=O) groups excluding carboxylic acids is 2. The summed E-state index contributed by atoms with van der Waals surface area (Å²) in [6.45, 7) is 1.95. The Kier molecular flexibility index (Phi) is 4.08. The van der Waals surface area contributed by atoms with Crippen LogP contribution < -0.4 is 5.32 Å². The third-order valence-corrected chi connectivity index (χ3v) is 2.72. The van der Waals surface area contributed by atoms with Gasteiger partial charge in [-0.1, -0.05) is 42.5 Å². The summed E-state index contributed by atoms with van der Waals surface area (Å²) in [4.78, 5) is 23.6. The predicted molar refractivity (Wildman–Crippen MR) is 75.2 cm³/mol. The molecule has 96 valence electrons. The first-order valence-electron chi connectivity index (χ1n) is 6.10. The van der Waals surface area contributed by atoms with Gasteiger partial charge in [0, 0.05) is 11.3 Å². The first-order valence-corrected chi connectivity index (χ1v) is 6.10. The fourth-order valence-electron chi connectivity index (χ4n) is 1.80. The molecule has 0 saturated heterocycles. The number of aryl methyl sites for hydroxylation is 1. The van der Waals surface area contributed by atoms with Gasteiger partial charge < -0.3 is 5.32 Å². The average Bonchev–Trinajstić information content (AvgIpc) is 2.39. The van der Waals surface area contributed by atoms with Gasteiger partial charge in [-0.15, -0.1) is 0 Å². The average molecular weight is 253 g/mol. The van der Waals surface area contributed by atoms with Crippen molar-refractivity contribution in [1.29, 1.82) is 0 Å². The molecule has 2 aromatic carbocycles. The quantitative estimate of drug-likeness (QED) is 0.671. The zero-order valence-corrected chi connectivity index (χ0v) is 10.7. The van der Waals surface area contributed by atoms with Gasteiger partial charge in [0.2, 0.25) is 5.91 Å². The number of carbonyl (C=O) groups is 2. The minimum atomic E-state index is -0.292. The molecular weight excluding hydrogens is 238 g/mol. The second kappa shape index (κ2) is 5.96. The summed E-state index contributed by atoms with van der Waals surface area (Å²) in [5.74, 6) is -0.467. The van der Waals surface area contributed by atoms with Gasteiger partial charge in [-0.3, -0.25) is 9.59 Å².